The Kier molecular flexibility index (Phi) is 14.1. The van der Waals surface area contributed by atoms with Gasteiger partial charge in [-0.1, -0.05) is 163 Å². The number of carbonyl (C=O) groups is 2. The van der Waals surface area contributed by atoms with Crippen LogP contribution in [-0.4, -0.2) is 16.7 Å². The highest BCUT2D eigenvalue weighted by molar-refractivity contribution is 9.10. The molecule has 0 spiro atoms. The van der Waals surface area contributed by atoms with E-state index in [0.717, 1.165) is 37.9 Å². The number of Topliss-reactive ketones (excluding diaryl/α,β-unsaturated/α-hetero) is 2. The summed E-state index contributed by atoms with van der Waals surface area (Å²) in [5.74, 6) is 0.862. The lowest BCUT2D eigenvalue weighted by molar-refractivity contribution is 0.0957. The average molecular weight is 854 g/mol. The van der Waals surface area contributed by atoms with Gasteiger partial charge in [-0.3, -0.25) is 9.59 Å². The van der Waals surface area contributed by atoms with Gasteiger partial charge in [0, 0.05) is 28.4 Å². The number of halogens is 1. The number of phenolic OH excluding ortho intramolecular Hbond substituents is 1. The van der Waals surface area contributed by atoms with Crippen LogP contribution in [0.1, 0.15) is 124 Å². The minimum atomic E-state index is 0.0212. The van der Waals surface area contributed by atoms with E-state index in [4.69, 9.17) is 0 Å². The van der Waals surface area contributed by atoms with E-state index in [1.165, 1.54) is 65.5 Å². The van der Waals surface area contributed by atoms with Crippen molar-refractivity contribution in [1.82, 2.24) is 0 Å². The summed E-state index contributed by atoms with van der Waals surface area (Å²) in [6.07, 6.45) is 16.1. The quantitative estimate of drug-likeness (QED) is 0.0877. The average Bonchev–Trinajstić information content (AvgIpc) is 3.27. The molecule has 1 aliphatic carbocycles. The van der Waals surface area contributed by atoms with E-state index in [1.54, 1.807) is 12.1 Å². The van der Waals surface area contributed by atoms with Gasteiger partial charge in [0.15, 0.2) is 11.6 Å². The van der Waals surface area contributed by atoms with E-state index in [1.807, 2.05) is 79.7 Å². The second kappa shape index (κ2) is 19.9. The molecule has 6 aromatic rings. The Hall–Kier alpha value is -5.84. The van der Waals surface area contributed by atoms with Gasteiger partial charge in [0.25, 0.3) is 0 Å². The van der Waals surface area contributed by atoms with Crippen molar-refractivity contribution in [3.63, 3.8) is 0 Å². The van der Waals surface area contributed by atoms with Crippen LogP contribution in [0, 0.1) is 19.8 Å². The highest BCUT2D eigenvalue weighted by atomic mass is 79.9. The van der Waals surface area contributed by atoms with Crippen LogP contribution in [0.5, 0.6) is 5.75 Å². The fourth-order valence-electron chi connectivity index (χ4n) is 8.33. The molecule has 0 heterocycles. The van der Waals surface area contributed by atoms with Crippen LogP contribution >= 0.6 is 15.9 Å². The molecule has 302 valence electrons. The summed E-state index contributed by atoms with van der Waals surface area (Å²) in [7, 11) is 0. The largest absolute Gasteiger partial charge is 0.508 e. The van der Waals surface area contributed by atoms with E-state index < -0.39 is 0 Å². The summed E-state index contributed by atoms with van der Waals surface area (Å²) < 4.78 is 1.10. The zero-order valence-electron chi connectivity index (χ0n) is 34.9. The third-order valence-electron chi connectivity index (χ3n) is 11.8. The van der Waals surface area contributed by atoms with Crippen molar-refractivity contribution in [1.29, 1.82) is 0 Å². The molecule has 6 aromatic carbocycles. The van der Waals surface area contributed by atoms with Crippen molar-refractivity contribution < 1.29 is 14.7 Å². The number of allylic oxidation sites excluding steroid dienone is 2. The molecule has 3 nitrogen and oxygen atoms in total. The van der Waals surface area contributed by atoms with Gasteiger partial charge < -0.3 is 5.11 Å². The van der Waals surface area contributed by atoms with Crippen LogP contribution in [0.25, 0.3) is 40.5 Å². The van der Waals surface area contributed by atoms with E-state index in [9.17, 15) is 14.7 Å². The van der Waals surface area contributed by atoms with Crippen molar-refractivity contribution in [3.05, 3.63) is 200 Å². The monoisotopic (exact) mass is 852 g/mol. The summed E-state index contributed by atoms with van der Waals surface area (Å²) in [5, 5.41) is 10.1. The number of aryl methyl sites for hydroxylation is 2. The molecule has 0 aromatic heterocycles. The van der Waals surface area contributed by atoms with Crippen molar-refractivity contribution in [2.45, 2.75) is 72.1 Å². The van der Waals surface area contributed by atoms with E-state index in [0.29, 0.717) is 36.3 Å². The number of hydrogen-bond acceptors (Lipinski definition) is 3. The Morgan fingerprint density at radius 3 is 1.62 bits per heavy atom. The topological polar surface area (TPSA) is 54.4 Å². The second-order valence-corrected chi connectivity index (χ2v) is 17.0. The second-order valence-electron chi connectivity index (χ2n) is 16.1. The number of phenols is 1. The Morgan fingerprint density at radius 1 is 0.600 bits per heavy atom. The summed E-state index contributed by atoms with van der Waals surface area (Å²) in [6.45, 7) is 6.33. The SMILES string of the molecule is C/C=C/c1ccc(C(=O)CCCC(=O)c2ccc(/C(=C\c3ccc(-c4ccc(/C=C(\c5ccc(Br)cc5)C5CCCCC5)c(C)c4)cc3C)c3ccc(O)cc3)cc2)cc1. The van der Waals surface area contributed by atoms with Gasteiger partial charge in [0.1, 0.15) is 5.75 Å². The van der Waals surface area contributed by atoms with E-state index in [2.05, 4.69) is 103 Å². The van der Waals surface area contributed by atoms with Crippen LogP contribution in [-0.2, 0) is 0 Å². The molecule has 0 atom stereocenters. The molecule has 7 rings (SSSR count). The molecule has 1 fully saturated rings. The molecule has 0 bridgehead atoms. The molecule has 0 unspecified atom stereocenters. The Balaban J connectivity index is 1.09. The lowest BCUT2D eigenvalue weighted by Gasteiger charge is -2.25. The maximum absolute atomic E-state index is 13.2. The van der Waals surface area contributed by atoms with Crippen molar-refractivity contribution in [3.8, 4) is 16.9 Å². The van der Waals surface area contributed by atoms with Crippen LogP contribution in [0.4, 0.5) is 0 Å². The van der Waals surface area contributed by atoms with Crippen LogP contribution in [0.2, 0.25) is 0 Å². The Morgan fingerprint density at radius 2 is 1.08 bits per heavy atom. The molecule has 0 aliphatic heterocycles. The molecule has 1 saturated carbocycles. The van der Waals surface area contributed by atoms with Crippen LogP contribution < -0.4 is 0 Å². The summed E-state index contributed by atoms with van der Waals surface area (Å²) in [5.41, 5.74) is 15.1. The number of aromatic hydroxyl groups is 1. The third-order valence-corrected chi connectivity index (χ3v) is 12.3. The number of hydrogen-bond donors (Lipinski definition) is 1. The first-order chi connectivity index (χ1) is 29.1. The molecular formula is C56H53BrO3. The first kappa shape index (κ1) is 42.3. The summed E-state index contributed by atoms with van der Waals surface area (Å²) >= 11 is 3.62. The van der Waals surface area contributed by atoms with Crippen LogP contribution in [0.3, 0.4) is 0 Å². The highest BCUT2D eigenvalue weighted by Crippen LogP contribution is 2.38. The maximum Gasteiger partial charge on any atom is 0.162 e. The molecule has 1 N–H and O–H groups in total. The van der Waals surface area contributed by atoms with Gasteiger partial charge in [0.05, 0.1) is 0 Å². The minimum Gasteiger partial charge on any atom is -0.508 e. The van der Waals surface area contributed by atoms with Crippen molar-refractivity contribution in [2.24, 2.45) is 5.92 Å². The molecule has 4 heteroatoms. The molecule has 1 aliphatic rings. The standard InChI is InChI=1S/C56H53BrO3/c1-4-9-40-14-16-45(17-15-40)55(59)12-8-13-56(60)46-20-18-42(19-21-46)54(44-28-32-52(58)33-29-44)37-48-23-25-50(35-39(48)3)49-24-22-47(38(2)34-49)36-53(41-10-6-5-7-11-41)43-26-30-51(57)31-27-43/h4,9,14-37,41,58H,5-8,10-13H2,1-3H3/b9-4+,53-36-,54-37+. The van der Waals surface area contributed by atoms with Crippen molar-refractivity contribution >= 4 is 56.9 Å². The minimum absolute atomic E-state index is 0.0212. The van der Waals surface area contributed by atoms with Gasteiger partial charge in [0.2, 0.25) is 0 Å². The molecule has 60 heavy (non-hydrogen) atoms. The van der Waals surface area contributed by atoms with Crippen molar-refractivity contribution in [2.75, 3.05) is 0 Å². The number of rotatable bonds is 14. The lowest BCUT2D eigenvalue weighted by atomic mass is 9.80. The zero-order chi connectivity index (χ0) is 42.0. The first-order valence-electron chi connectivity index (χ1n) is 21.2. The number of ketones is 2. The fraction of sp³-hybridized carbons (Fsp3) is 0.214. The molecule has 0 amide bonds. The van der Waals surface area contributed by atoms with Gasteiger partial charge in [-0.25, -0.2) is 0 Å². The van der Waals surface area contributed by atoms with E-state index in [-0.39, 0.29) is 17.3 Å². The molecule has 0 radical (unpaired) electrons. The maximum atomic E-state index is 13.2. The predicted octanol–water partition coefficient (Wildman–Crippen LogP) is 15.4. The first-order valence-corrected chi connectivity index (χ1v) is 22.0. The Bertz CT molecular complexity index is 2530. The number of carbonyl (C=O) groups excluding carboxylic acids is 2. The summed E-state index contributed by atoms with van der Waals surface area (Å²) in [4.78, 5) is 26.0. The lowest BCUT2D eigenvalue weighted by Crippen LogP contribution is -2.08. The molecule has 0 saturated heterocycles. The smallest absolute Gasteiger partial charge is 0.162 e. The normalized spacial score (nSPS) is 13.8. The number of benzene rings is 6. The fourth-order valence-corrected chi connectivity index (χ4v) is 8.60. The van der Waals surface area contributed by atoms with Crippen LogP contribution in [0.15, 0.2) is 144 Å². The molecular weight excluding hydrogens is 801 g/mol. The summed E-state index contributed by atoms with van der Waals surface area (Å²) in [6, 6.07) is 44.8. The predicted molar refractivity (Wildman–Crippen MR) is 255 cm³/mol. The zero-order valence-corrected chi connectivity index (χ0v) is 36.5. The third kappa shape index (κ3) is 10.7. The van der Waals surface area contributed by atoms with Gasteiger partial charge in [-0.05, 0) is 143 Å². The highest BCUT2D eigenvalue weighted by Gasteiger charge is 2.20. The van der Waals surface area contributed by atoms with Gasteiger partial charge in [-0.15, -0.1) is 0 Å². The van der Waals surface area contributed by atoms with E-state index >= 15 is 0 Å². The van der Waals surface area contributed by atoms with Gasteiger partial charge >= 0.3 is 0 Å². The Labute approximate surface area is 364 Å². The van der Waals surface area contributed by atoms with Gasteiger partial charge in [-0.2, -0.15) is 0 Å².